The molecule has 6 heteroatoms. The fourth-order valence-corrected chi connectivity index (χ4v) is 3.65. The molecule has 1 atom stereocenters. The molecule has 3 aromatic rings. The van der Waals surface area contributed by atoms with Gasteiger partial charge in [-0.2, -0.15) is 0 Å². The molecule has 0 saturated heterocycles. The van der Waals surface area contributed by atoms with Gasteiger partial charge >= 0.3 is 0 Å². The molecule has 3 rings (SSSR count). The minimum absolute atomic E-state index is 0.454. The van der Waals surface area contributed by atoms with Gasteiger partial charge in [0.1, 0.15) is 11.3 Å². The number of halogens is 1. The molecule has 0 amide bonds. The van der Waals surface area contributed by atoms with Gasteiger partial charge in [-0.25, -0.2) is 9.97 Å². The van der Waals surface area contributed by atoms with Crippen molar-refractivity contribution in [3.8, 4) is 0 Å². The van der Waals surface area contributed by atoms with Gasteiger partial charge in [0.2, 0.25) is 0 Å². The van der Waals surface area contributed by atoms with E-state index < -0.39 is 10.8 Å². The maximum atomic E-state index is 12.4. The molecule has 0 radical (unpaired) electrons. The third-order valence-corrected chi connectivity index (χ3v) is 4.94. The highest BCUT2D eigenvalue weighted by Gasteiger charge is 2.06. The Balaban J connectivity index is 1.67. The molecule has 0 aliphatic carbocycles. The molecule has 0 fully saturated rings. The van der Waals surface area contributed by atoms with Crippen LogP contribution in [0.25, 0.3) is 0 Å². The first-order valence-corrected chi connectivity index (χ1v) is 9.28. The van der Waals surface area contributed by atoms with Crippen LogP contribution in [0.3, 0.4) is 0 Å². The fourth-order valence-electron chi connectivity index (χ4n) is 2.28. The van der Waals surface area contributed by atoms with Gasteiger partial charge in [0.25, 0.3) is 0 Å². The summed E-state index contributed by atoms with van der Waals surface area (Å²) >= 11 is 6.05. The summed E-state index contributed by atoms with van der Waals surface area (Å²) in [6, 6.07) is 17.6. The van der Waals surface area contributed by atoms with E-state index in [2.05, 4.69) is 15.3 Å². The van der Waals surface area contributed by atoms with E-state index >= 15 is 0 Å². The molecule has 4 nitrogen and oxygen atoms in total. The van der Waals surface area contributed by atoms with Gasteiger partial charge in [-0.1, -0.05) is 54.1 Å². The Kier molecular flexibility index (Phi) is 5.56. The van der Waals surface area contributed by atoms with Crippen molar-refractivity contribution < 1.29 is 4.21 Å². The molecule has 0 aliphatic heterocycles. The van der Waals surface area contributed by atoms with Crippen molar-refractivity contribution in [1.29, 1.82) is 0 Å². The van der Waals surface area contributed by atoms with E-state index in [9.17, 15) is 4.21 Å². The lowest BCUT2D eigenvalue weighted by molar-refractivity contribution is 0.682. The number of nitrogens with zero attached hydrogens (tertiary/aromatic N) is 2. The number of aromatic nitrogens is 2. The SMILES string of the molecule is O=S(Cc1ccccc1)Cc1cccc(Nc2ncncc2Cl)c1. The molecular weight excluding hydrogens is 342 g/mol. The van der Waals surface area contributed by atoms with Crippen LogP contribution in [0.1, 0.15) is 11.1 Å². The quantitative estimate of drug-likeness (QED) is 0.713. The van der Waals surface area contributed by atoms with Crippen LogP contribution in [0, 0.1) is 0 Å². The van der Waals surface area contributed by atoms with Gasteiger partial charge in [0, 0.05) is 28.0 Å². The summed E-state index contributed by atoms with van der Waals surface area (Å²) in [6.45, 7) is 0. The zero-order valence-corrected chi connectivity index (χ0v) is 14.4. The lowest BCUT2D eigenvalue weighted by Gasteiger charge is -2.09. The van der Waals surface area contributed by atoms with Crippen molar-refractivity contribution in [2.24, 2.45) is 0 Å². The fraction of sp³-hybridized carbons (Fsp3) is 0.111. The van der Waals surface area contributed by atoms with Crippen molar-refractivity contribution >= 4 is 33.9 Å². The highest BCUT2D eigenvalue weighted by molar-refractivity contribution is 7.83. The van der Waals surface area contributed by atoms with E-state index in [-0.39, 0.29) is 0 Å². The number of benzene rings is 2. The number of hydrogen-bond donors (Lipinski definition) is 1. The molecule has 2 aromatic carbocycles. The predicted octanol–water partition coefficient (Wildman–Crippen LogP) is 4.32. The van der Waals surface area contributed by atoms with Crippen LogP contribution in [0.5, 0.6) is 0 Å². The lowest BCUT2D eigenvalue weighted by Crippen LogP contribution is -2.00. The van der Waals surface area contributed by atoms with Gasteiger partial charge in [-0.15, -0.1) is 0 Å². The summed E-state index contributed by atoms with van der Waals surface area (Å²) in [5.74, 6) is 1.60. The predicted molar refractivity (Wildman–Crippen MR) is 98.8 cm³/mol. The van der Waals surface area contributed by atoms with Gasteiger partial charge in [-0.05, 0) is 23.3 Å². The molecule has 122 valence electrons. The van der Waals surface area contributed by atoms with Crippen LogP contribution in [0.4, 0.5) is 11.5 Å². The van der Waals surface area contributed by atoms with E-state index in [1.54, 1.807) is 0 Å². The van der Waals surface area contributed by atoms with Crippen LogP contribution in [0.15, 0.2) is 67.1 Å². The van der Waals surface area contributed by atoms with Crippen LogP contribution < -0.4 is 5.32 Å². The van der Waals surface area contributed by atoms with Crippen LogP contribution in [0.2, 0.25) is 5.02 Å². The third-order valence-electron chi connectivity index (χ3n) is 3.36. The first-order chi connectivity index (χ1) is 11.7. The molecular formula is C18H16ClN3OS. The summed E-state index contributed by atoms with van der Waals surface area (Å²) < 4.78 is 12.4. The smallest absolute Gasteiger partial charge is 0.152 e. The maximum absolute atomic E-state index is 12.4. The summed E-state index contributed by atoms with van der Waals surface area (Å²) in [4.78, 5) is 7.97. The molecule has 0 bridgehead atoms. The van der Waals surface area contributed by atoms with Crippen molar-refractivity contribution in [3.63, 3.8) is 0 Å². The Morgan fingerprint density at radius 2 is 1.75 bits per heavy atom. The Labute approximate surface area is 148 Å². The molecule has 1 aromatic heterocycles. The summed E-state index contributed by atoms with van der Waals surface area (Å²) in [7, 11) is -0.961. The van der Waals surface area contributed by atoms with Crippen molar-refractivity contribution in [3.05, 3.63) is 83.3 Å². The van der Waals surface area contributed by atoms with Gasteiger partial charge in [0.05, 0.1) is 6.20 Å². The topological polar surface area (TPSA) is 54.9 Å². The van der Waals surface area contributed by atoms with E-state index in [1.807, 2.05) is 54.6 Å². The second kappa shape index (κ2) is 8.04. The Bertz CT molecular complexity index is 842. The van der Waals surface area contributed by atoms with Crippen molar-refractivity contribution in [2.45, 2.75) is 11.5 Å². The lowest BCUT2D eigenvalue weighted by atomic mass is 10.2. The molecule has 0 aliphatic rings. The molecule has 24 heavy (non-hydrogen) atoms. The highest BCUT2D eigenvalue weighted by atomic mass is 35.5. The van der Waals surface area contributed by atoms with E-state index in [4.69, 9.17) is 11.6 Å². The number of anilines is 2. The summed E-state index contributed by atoms with van der Waals surface area (Å²) in [6.07, 6.45) is 2.97. The maximum Gasteiger partial charge on any atom is 0.152 e. The van der Waals surface area contributed by atoms with Gasteiger partial charge < -0.3 is 5.32 Å². The average molecular weight is 358 g/mol. The standard InChI is InChI=1S/C18H16ClN3OS/c19-17-10-20-13-21-18(17)22-16-8-4-7-15(9-16)12-24(23)11-14-5-2-1-3-6-14/h1-10,13H,11-12H2,(H,20,21,22). The normalized spacial score (nSPS) is 11.9. The van der Waals surface area contributed by atoms with E-state index in [0.717, 1.165) is 16.8 Å². The molecule has 1 unspecified atom stereocenters. The second-order valence-electron chi connectivity index (χ2n) is 5.26. The molecule has 1 heterocycles. The first-order valence-electron chi connectivity index (χ1n) is 7.41. The van der Waals surface area contributed by atoms with Gasteiger partial charge in [0.15, 0.2) is 5.82 Å². The molecule has 0 saturated carbocycles. The monoisotopic (exact) mass is 357 g/mol. The highest BCUT2D eigenvalue weighted by Crippen LogP contribution is 2.22. The summed E-state index contributed by atoms with van der Waals surface area (Å²) in [5, 5.41) is 3.61. The van der Waals surface area contributed by atoms with Crippen LogP contribution in [-0.2, 0) is 22.3 Å². The Morgan fingerprint density at radius 1 is 1.00 bits per heavy atom. The first kappa shape index (κ1) is 16.6. The molecule has 1 N–H and O–H groups in total. The van der Waals surface area contributed by atoms with Gasteiger partial charge in [-0.3, -0.25) is 4.21 Å². The minimum atomic E-state index is -0.961. The average Bonchev–Trinajstić information content (AvgIpc) is 2.58. The minimum Gasteiger partial charge on any atom is -0.339 e. The number of hydrogen-bond acceptors (Lipinski definition) is 4. The summed E-state index contributed by atoms with van der Waals surface area (Å²) in [5.41, 5.74) is 2.93. The number of nitrogens with one attached hydrogen (secondary N) is 1. The van der Waals surface area contributed by atoms with E-state index in [0.29, 0.717) is 22.3 Å². The van der Waals surface area contributed by atoms with Crippen molar-refractivity contribution in [1.82, 2.24) is 9.97 Å². The largest absolute Gasteiger partial charge is 0.339 e. The van der Waals surface area contributed by atoms with Crippen LogP contribution in [-0.4, -0.2) is 14.2 Å². The Morgan fingerprint density at radius 3 is 2.54 bits per heavy atom. The van der Waals surface area contributed by atoms with Crippen molar-refractivity contribution in [2.75, 3.05) is 5.32 Å². The second-order valence-corrected chi connectivity index (χ2v) is 7.12. The zero-order chi connectivity index (χ0) is 16.8. The van der Waals surface area contributed by atoms with Crippen LogP contribution >= 0.6 is 11.6 Å². The van der Waals surface area contributed by atoms with E-state index in [1.165, 1.54) is 12.5 Å². The molecule has 0 spiro atoms. The third kappa shape index (κ3) is 4.63. The Hall–Kier alpha value is -2.24. The zero-order valence-electron chi connectivity index (χ0n) is 12.9. The number of rotatable bonds is 6.